The van der Waals surface area contributed by atoms with Crippen molar-refractivity contribution in [1.82, 2.24) is 0 Å². The molecule has 1 aliphatic rings. The molecule has 2 aromatic carbocycles. The Morgan fingerprint density at radius 2 is 1.95 bits per heavy atom. The molecular weight excluding hydrogens is 268 g/mol. The number of rotatable bonds is 3. The standard InChI is InChI=1S/C16H16N2O3/c17-8-10-5-15(19)18(9-10)14-4-3-11-6-13(16(20)21)2-1-12(11)7-14/h1-4,6-7,10H,5,8-9,17H2,(H,20,21). The van der Waals surface area contributed by atoms with Crippen LogP contribution in [-0.4, -0.2) is 30.1 Å². The molecule has 21 heavy (non-hydrogen) atoms. The smallest absolute Gasteiger partial charge is 0.335 e. The maximum absolute atomic E-state index is 12.0. The van der Waals surface area contributed by atoms with E-state index in [0.717, 1.165) is 16.5 Å². The molecule has 1 unspecified atom stereocenters. The molecule has 3 N–H and O–H groups in total. The van der Waals surface area contributed by atoms with Crippen molar-refractivity contribution in [1.29, 1.82) is 0 Å². The van der Waals surface area contributed by atoms with Gasteiger partial charge in [-0.2, -0.15) is 0 Å². The van der Waals surface area contributed by atoms with Crippen molar-refractivity contribution in [3.8, 4) is 0 Å². The van der Waals surface area contributed by atoms with Gasteiger partial charge in [0.15, 0.2) is 0 Å². The SMILES string of the molecule is NCC1CC(=O)N(c2ccc3cc(C(=O)O)ccc3c2)C1. The fraction of sp³-hybridized carbons (Fsp3) is 0.250. The number of hydrogen-bond acceptors (Lipinski definition) is 3. The summed E-state index contributed by atoms with van der Waals surface area (Å²) in [5, 5.41) is 10.8. The van der Waals surface area contributed by atoms with Crippen LogP contribution in [0.2, 0.25) is 0 Å². The number of anilines is 1. The fourth-order valence-corrected chi connectivity index (χ4v) is 2.72. The Morgan fingerprint density at radius 1 is 1.24 bits per heavy atom. The second kappa shape index (κ2) is 5.18. The van der Waals surface area contributed by atoms with E-state index in [1.165, 1.54) is 0 Å². The molecule has 1 fully saturated rings. The first kappa shape index (κ1) is 13.6. The third-order valence-electron chi connectivity index (χ3n) is 3.92. The van der Waals surface area contributed by atoms with Crippen LogP contribution in [0.4, 0.5) is 5.69 Å². The normalized spacial score (nSPS) is 18.4. The van der Waals surface area contributed by atoms with Crippen LogP contribution in [0.25, 0.3) is 10.8 Å². The molecule has 0 bridgehead atoms. The van der Waals surface area contributed by atoms with Crippen molar-refractivity contribution in [2.45, 2.75) is 6.42 Å². The predicted octanol–water partition coefficient (Wildman–Crippen LogP) is 1.85. The van der Waals surface area contributed by atoms with Crippen molar-refractivity contribution in [3.05, 3.63) is 42.0 Å². The van der Waals surface area contributed by atoms with E-state index >= 15 is 0 Å². The highest BCUT2D eigenvalue weighted by Crippen LogP contribution is 2.28. The highest BCUT2D eigenvalue weighted by Gasteiger charge is 2.29. The summed E-state index contributed by atoms with van der Waals surface area (Å²) < 4.78 is 0. The van der Waals surface area contributed by atoms with E-state index in [1.807, 2.05) is 18.2 Å². The van der Waals surface area contributed by atoms with E-state index in [-0.39, 0.29) is 17.4 Å². The molecule has 108 valence electrons. The van der Waals surface area contributed by atoms with Gasteiger partial charge < -0.3 is 15.7 Å². The van der Waals surface area contributed by atoms with E-state index in [2.05, 4.69) is 0 Å². The van der Waals surface area contributed by atoms with Gasteiger partial charge in [0.05, 0.1) is 5.56 Å². The number of carbonyl (C=O) groups is 2. The lowest BCUT2D eigenvalue weighted by Crippen LogP contribution is -2.25. The van der Waals surface area contributed by atoms with Crippen molar-refractivity contribution < 1.29 is 14.7 Å². The zero-order valence-electron chi connectivity index (χ0n) is 11.5. The van der Waals surface area contributed by atoms with E-state index in [1.54, 1.807) is 23.1 Å². The third kappa shape index (κ3) is 2.48. The summed E-state index contributed by atoms with van der Waals surface area (Å²) in [7, 11) is 0. The molecule has 0 aliphatic carbocycles. The maximum Gasteiger partial charge on any atom is 0.335 e. The number of nitrogens with two attached hydrogens (primary N) is 1. The van der Waals surface area contributed by atoms with Crippen molar-refractivity contribution in [3.63, 3.8) is 0 Å². The van der Waals surface area contributed by atoms with Crippen LogP contribution in [0.15, 0.2) is 36.4 Å². The van der Waals surface area contributed by atoms with Crippen LogP contribution >= 0.6 is 0 Å². The minimum absolute atomic E-state index is 0.0898. The summed E-state index contributed by atoms with van der Waals surface area (Å²) in [5.74, 6) is -0.643. The topological polar surface area (TPSA) is 83.6 Å². The van der Waals surface area contributed by atoms with Gasteiger partial charge in [-0.3, -0.25) is 4.79 Å². The molecule has 0 radical (unpaired) electrons. The number of benzene rings is 2. The van der Waals surface area contributed by atoms with Gasteiger partial charge in [0.2, 0.25) is 5.91 Å². The average Bonchev–Trinajstić information content (AvgIpc) is 2.87. The monoisotopic (exact) mass is 284 g/mol. The van der Waals surface area contributed by atoms with E-state index in [0.29, 0.717) is 19.5 Å². The summed E-state index contributed by atoms with van der Waals surface area (Å²) in [4.78, 5) is 24.7. The second-order valence-corrected chi connectivity index (χ2v) is 5.36. The van der Waals surface area contributed by atoms with Crippen molar-refractivity contribution in [2.24, 2.45) is 11.7 Å². The summed E-state index contributed by atoms with van der Waals surface area (Å²) >= 11 is 0. The lowest BCUT2D eigenvalue weighted by Gasteiger charge is -2.17. The number of fused-ring (bicyclic) bond motifs is 1. The molecule has 1 amide bonds. The van der Waals surface area contributed by atoms with Gasteiger partial charge in [0, 0.05) is 18.7 Å². The van der Waals surface area contributed by atoms with Gasteiger partial charge >= 0.3 is 5.97 Å². The van der Waals surface area contributed by atoms with Crippen LogP contribution in [0.3, 0.4) is 0 Å². The molecule has 2 aromatic rings. The summed E-state index contributed by atoms with van der Waals surface area (Å²) in [6, 6.07) is 10.6. The molecule has 1 aliphatic heterocycles. The summed E-state index contributed by atoms with van der Waals surface area (Å²) in [5.41, 5.74) is 6.74. The quantitative estimate of drug-likeness (QED) is 0.901. The molecule has 0 saturated carbocycles. The zero-order valence-corrected chi connectivity index (χ0v) is 11.5. The molecule has 0 aromatic heterocycles. The Hall–Kier alpha value is -2.40. The number of nitrogens with zero attached hydrogens (tertiary/aromatic N) is 1. The Kier molecular flexibility index (Phi) is 3.35. The van der Waals surface area contributed by atoms with Crippen LogP contribution in [0, 0.1) is 5.92 Å². The molecule has 1 saturated heterocycles. The zero-order chi connectivity index (χ0) is 15.0. The summed E-state index contributed by atoms with van der Waals surface area (Å²) in [6.45, 7) is 1.16. The maximum atomic E-state index is 12.0. The first-order valence-corrected chi connectivity index (χ1v) is 6.86. The lowest BCUT2D eigenvalue weighted by atomic mass is 10.1. The van der Waals surface area contributed by atoms with Crippen LogP contribution in [-0.2, 0) is 4.79 Å². The second-order valence-electron chi connectivity index (χ2n) is 5.36. The number of amides is 1. The third-order valence-corrected chi connectivity index (χ3v) is 3.92. The van der Waals surface area contributed by atoms with Gasteiger partial charge in [-0.1, -0.05) is 12.1 Å². The van der Waals surface area contributed by atoms with Crippen LogP contribution < -0.4 is 10.6 Å². The molecular formula is C16H16N2O3. The largest absolute Gasteiger partial charge is 0.478 e. The van der Waals surface area contributed by atoms with E-state index in [9.17, 15) is 9.59 Å². The number of carboxylic acid groups (broad SMARTS) is 1. The molecule has 1 heterocycles. The number of aromatic carboxylic acids is 1. The van der Waals surface area contributed by atoms with Gasteiger partial charge in [-0.05, 0) is 47.5 Å². The molecule has 0 spiro atoms. The number of hydrogen-bond donors (Lipinski definition) is 2. The number of carbonyl (C=O) groups excluding carboxylic acids is 1. The highest BCUT2D eigenvalue weighted by atomic mass is 16.4. The lowest BCUT2D eigenvalue weighted by molar-refractivity contribution is -0.117. The minimum atomic E-state index is -0.943. The van der Waals surface area contributed by atoms with Gasteiger partial charge in [0.1, 0.15) is 0 Å². The van der Waals surface area contributed by atoms with Crippen molar-refractivity contribution >= 4 is 28.3 Å². The first-order valence-electron chi connectivity index (χ1n) is 6.86. The van der Waals surface area contributed by atoms with E-state index < -0.39 is 5.97 Å². The van der Waals surface area contributed by atoms with E-state index in [4.69, 9.17) is 10.8 Å². The molecule has 5 heteroatoms. The predicted molar refractivity (Wildman–Crippen MR) is 80.4 cm³/mol. The van der Waals surface area contributed by atoms with Gasteiger partial charge in [0.25, 0.3) is 0 Å². The first-order chi connectivity index (χ1) is 10.1. The van der Waals surface area contributed by atoms with Gasteiger partial charge in [-0.15, -0.1) is 0 Å². The van der Waals surface area contributed by atoms with Crippen LogP contribution in [0.5, 0.6) is 0 Å². The Morgan fingerprint density at radius 3 is 2.62 bits per heavy atom. The summed E-state index contributed by atoms with van der Waals surface area (Å²) in [6.07, 6.45) is 0.493. The molecule has 3 rings (SSSR count). The van der Waals surface area contributed by atoms with Crippen molar-refractivity contribution in [2.75, 3.05) is 18.0 Å². The molecule has 5 nitrogen and oxygen atoms in total. The Labute approximate surface area is 122 Å². The number of carboxylic acids is 1. The average molecular weight is 284 g/mol. The molecule has 1 atom stereocenters. The fourth-order valence-electron chi connectivity index (χ4n) is 2.72. The van der Waals surface area contributed by atoms with Crippen LogP contribution in [0.1, 0.15) is 16.8 Å². The Balaban J connectivity index is 1.96. The van der Waals surface area contributed by atoms with Gasteiger partial charge in [-0.25, -0.2) is 4.79 Å². The highest BCUT2D eigenvalue weighted by molar-refractivity contribution is 5.99. The Bertz CT molecular complexity index is 727. The minimum Gasteiger partial charge on any atom is -0.478 e.